The molecule has 1 N–H and O–H groups in total. The lowest BCUT2D eigenvalue weighted by Gasteiger charge is -2.31. The highest BCUT2D eigenvalue weighted by atomic mass is 32.1. The molecule has 1 saturated heterocycles. The van der Waals surface area contributed by atoms with Crippen LogP contribution in [0.1, 0.15) is 18.4 Å². The van der Waals surface area contributed by atoms with Gasteiger partial charge in [0.2, 0.25) is 5.91 Å². The molecule has 148 valence electrons. The molecule has 1 aliphatic rings. The van der Waals surface area contributed by atoms with Gasteiger partial charge in [0.05, 0.1) is 17.1 Å². The first-order valence-corrected chi connectivity index (χ1v) is 11.0. The Kier molecular flexibility index (Phi) is 6.49. The van der Waals surface area contributed by atoms with Gasteiger partial charge in [-0.2, -0.15) is 0 Å². The summed E-state index contributed by atoms with van der Waals surface area (Å²) in [5.74, 6) is 0.148. The van der Waals surface area contributed by atoms with Crippen LogP contribution in [0.2, 0.25) is 0 Å². The van der Waals surface area contributed by atoms with Crippen LogP contribution in [0, 0.1) is 5.92 Å². The molecule has 2 aromatic carbocycles. The summed E-state index contributed by atoms with van der Waals surface area (Å²) in [5, 5.41) is 5.11. The van der Waals surface area contributed by atoms with Crippen LogP contribution in [-0.4, -0.2) is 35.4 Å². The van der Waals surface area contributed by atoms with Crippen molar-refractivity contribution in [3.8, 4) is 11.3 Å². The number of aromatic nitrogens is 1. The van der Waals surface area contributed by atoms with Gasteiger partial charge in [0.1, 0.15) is 0 Å². The molecule has 1 unspecified atom stereocenters. The van der Waals surface area contributed by atoms with Gasteiger partial charge in [0.25, 0.3) is 0 Å². The summed E-state index contributed by atoms with van der Waals surface area (Å²) in [5.41, 5.74) is 5.92. The Morgan fingerprint density at radius 2 is 2.00 bits per heavy atom. The normalized spacial score (nSPS) is 17.4. The van der Waals surface area contributed by atoms with E-state index in [1.807, 2.05) is 53.4 Å². The zero-order valence-electron chi connectivity index (χ0n) is 16.3. The molecule has 0 radical (unpaired) electrons. The van der Waals surface area contributed by atoms with E-state index in [2.05, 4.69) is 39.5 Å². The number of nitrogens with zero attached hydrogens (tertiary/aromatic N) is 2. The molecule has 1 aliphatic heterocycles. The fraction of sp³-hybridized carbons (Fsp3) is 0.250. The SMILES string of the molecule is O=C(Nc1ccc(-c2cscn2)cc1)C1CCCN(C/C=C/c2ccccc2)C1. The van der Waals surface area contributed by atoms with Crippen molar-refractivity contribution < 1.29 is 4.79 Å². The van der Waals surface area contributed by atoms with Gasteiger partial charge in [-0.15, -0.1) is 11.3 Å². The maximum atomic E-state index is 12.8. The minimum absolute atomic E-state index is 0.0343. The van der Waals surface area contributed by atoms with Crippen LogP contribution >= 0.6 is 11.3 Å². The molecule has 0 spiro atoms. The quantitative estimate of drug-likeness (QED) is 0.617. The molecule has 1 atom stereocenters. The van der Waals surface area contributed by atoms with Crippen molar-refractivity contribution in [3.63, 3.8) is 0 Å². The number of nitrogens with one attached hydrogen (secondary N) is 1. The molecule has 1 aromatic heterocycles. The Balaban J connectivity index is 1.30. The van der Waals surface area contributed by atoms with Gasteiger partial charge >= 0.3 is 0 Å². The second-order valence-corrected chi connectivity index (χ2v) is 8.07. The zero-order valence-corrected chi connectivity index (χ0v) is 17.1. The summed E-state index contributed by atoms with van der Waals surface area (Å²) >= 11 is 1.58. The molecular formula is C24H25N3OS. The van der Waals surface area contributed by atoms with Gasteiger partial charge in [-0.1, -0.05) is 54.6 Å². The highest BCUT2D eigenvalue weighted by Gasteiger charge is 2.25. The zero-order chi connectivity index (χ0) is 19.9. The largest absolute Gasteiger partial charge is 0.326 e. The van der Waals surface area contributed by atoms with Crippen molar-refractivity contribution in [3.05, 3.63) is 77.1 Å². The molecule has 3 aromatic rings. The van der Waals surface area contributed by atoms with Crippen LogP contribution in [0.25, 0.3) is 17.3 Å². The molecule has 2 heterocycles. The molecule has 4 rings (SSSR count). The lowest BCUT2D eigenvalue weighted by Crippen LogP contribution is -2.40. The molecule has 0 saturated carbocycles. The van der Waals surface area contributed by atoms with Crippen molar-refractivity contribution in [2.24, 2.45) is 5.92 Å². The number of rotatable bonds is 6. The van der Waals surface area contributed by atoms with E-state index < -0.39 is 0 Å². The van der Waals surface area contributed by atoms with Crippen LogP contribution in [0.3, 0.4) is 0 Å². The van der Waals surface area contributed by atoms with E-state index in [4.69, 9.17) is 0 Å². The summed E-state index contributed by atoms with van der Waals surface area (Å²) in [6.45, 7) is 2.73. The van der Waals surface area contributed by atoms with Gasteiger partial charge in [-0.3, -0.25) is 9.69 Å². The lowest BCUT2D eigenvalue weighted by molar-refractivity contribution is -0.121. The predicted octanol–water partition coefficient (Wildman–Crippen LogP) is 5.17. The number of hydrogen-bond donors (Lipinski definition) is 1. The minimum atomic E-state index is 0.0343. The van der Waals surface area contributed by atoms with Crippen molar-refractivity contribution in [2.45, 2.75) is 12.8 Å². The van der Waals surface area contributed by atoms with Crippen molar-refractivity contribution in [1.29, 1.82) is 0 Å². The van der Waals surface area contributed by atoms with Crippen LogP contribution < -0.4 is 5.32 Å². The standard InChI is InChI=1S/C24H25N3OS/c28-24(26-22-12-10-20(11-13-22)23-17-29-18-25-23)21-9-5-15-27(16-21)14-4-8-19-6-2-1-3-7-19/h1-4,6-8,10-13,17-18,21H,5,9,14-16H2,(H,26,28)/b8-4+. The highest BCUT2D eigenvalue weighted by Crippen LogP contribution is 2.23. The highest BCUT2D eigenvalue weighted by molar-refractivity contribution is 7.07. The number of thiazole rings is 1. The van der Waals surface area contributed by atoms with E-state index in [0.717, 1.165) is 49.4 Å². The number of carbonyl (C=O) groups excluding carboxylic acids is 1. The predicted molar refractivity (Wildman–Crippen MR) is 121 cm³/mol. The van der Waals surface area contributed by atoms with Crippen molar-refractivity contribution >= 4 is 29.0 Å². The van der Waals surface area contributed by atoms with Crippen LogP contribution in [0.4, 0.5) is 5.69 Å². The van der Waals surface area contributed by atoms with E-state index in [0.29, 0.717) is 0 Å². The Labute approximate surface area is 175 Å². The number of piperidine rings is 1. The van der Waals surface area contributed by atoms with E-state index in [1.54, 1.807) is 11.3 Å². The van der Waals surface area contributed by atoms with E-state index in [1.165, 1.54) is 5.56 Å². The number of carbonyl (C=O) groups is 1. The molecule has 0 aliphatic carbocycles. The van der Waals surface area contributed by atoms with E-state index in [9.17, 15) is 4.79 Å². The second kappa shape index (κ2) is 9.63. The number of amides is 1. The van der Waals surface area contributed by atoms with Crippen LogP contribution in [-0.2, 0) is 4.79 Å². The van der Waals surface area contributed by atoms with Crippen LogP contribution in [0.15, 0.2) is 71.6 Å². The van der Waals surface area contributed by atoms with Crippen molar-refractivity contribution in [1.82, 2.24) is 9.88 Å². The molecule has 1 fully saturated rings. The first kappa shape index (κ1) is 19.6. The maximum absolute atomic E-state index is 12.8. The van der Waals surface area contributed by atoms with E-state index in [-0.39, 0.29) is 11.8 Å². The first-order valence-electron chi connectivity index (χ1n) is 10.0. The summed E-state index contributed by atoms with van der Waals surface area (Å²) in [6.07, 6.45) is 6.34. The van der Waals surface area contributed by atoms with Gasteiger partial charge in [-0.25, -0.2) is 4.98 Å². The van der Waals surface area contributed by atoms with E-state index >= 15 is 0 Å². The average molecular weight is 404 g/mol. The molecule has 29 heavy (non-hydrogen) atoms. The van der Waals surface area contributed by atoms with Gasteiger partial charge < -0.3 is 5.32 Å². The Hall–Kier alpha value is -2.76. The number of likely N-dealkylation sites (tertiary alicyclic amines) is 1. The topological polar surface area (TPSA) is 45.2 Å². The monoisotopic (exact) mass is 403 g/mol. The molecule has 5 heteroatoms. The number of anilines is 1. The maximum Gasteiger partial charge on any atom is 0.228 e. The number of hydrogen-bond acceptors (Lipinski definition) is 4. The van der Waals surface area contributed by atoms with Crippen LogP contribution in [0.5, 0.6) is 0 Å². The number of benzene rings is 2. The summed E-state index contributed by atoms with van der Waals surface area (Å²) in [4.78, 5) is 19.4. The first-order chi connectivity index (χ1) is 14.3. The Morgan fingerprint density at radius 1 is 1.17 bits per heavy atom. The third-order valence-electron chi connectivity index (χ3n) is 5.23. The second-order valence-electron chi connectivity index (χ2n) is 7.35. The third-order valence-corrected chi connectivity index (χ3v) is 5.82. The minimum Gasteiger partial charge on any atom is -0.326 e. The Bertz CT molecular complexity index is 936. The van der Waals surface area contributed by atoms with Crippen molar-refractivity contribution in [2.75, 3.05) is 25.0 Å². The smallest absolute Gasteiger partial charge is 0.228 e. The molecule has 1 amide bonds. The van der Waals surface area contributed by atoms with Gasteiger partial charge in [0.15, 0.2) is 0 Å². The van der Waals surface area contributed by atoms with Gasteiger partial charge in [-0.05, 0) is 37.1 Å². The Morgan fingerprint density at radius 3 is 2.76 bits per heavy atom. The molecular weight excluding hydrogens is 378 g/mol. The average Bonchev–Trinajstić information content (AvgIpc) is 3.30. The molecule has 0 bridgehead atoms. The lowest BCUT2D eigenvalue weighted by atomic mass is 9.97. The fourth-order valence-corrected chi connectivity index (χ4v) is 4.22. The fourth-order valence-electron chi connectivity index (χ4n) is 3.66. The molecule has 4 nitrogen and oxygen atoms in total. The summed E-state index contributed by atoms with van der Waals surface area (Å²) in [7, 11) is 0. The third kappa shape index (κ3) is 5.40. The van der Waals surface area contributed by atoms with Gasteiger partial charge in [0, 0.05) is 29.7 Å². The summed E-state index contributed by atoms with van der Waals surface area (Å²) in [6, 6.07) is 18.2. The summed E-state index contributed by atoms with van der Waals surface area (Å²) < 4.78 is 0.